The van der Waals surface area contributed by atoms with Crippen LogP contribution in [-0.2, 0) is 47.5 Å². The van der Waals surface area contributed by atoms with Gasteiger partial charge in [0.2, 0.25) is 0 Å². The molecule has 1 spiro atoms. The zero-order valence-corrected chi connectivity index (χ0v) is 50.0. The van der Waals surface area contributed by atoms with Crippen LogP contribution in [0.3, 0.4) is 0 Å². The highest BCUT2D eigenvalue weighted by molar-refractivity contribution is 5.73. The minimum atomic E-state index is -0.309. The van der Waals surface area contributed by atoms with Crippen LogP contribution in [0.25, 0.3) is 0 Å². The number of unbranched alkanes of at least 4 members (excludes halogenated alkanes) is 22. The summed E-state index contributed by atoms with van der Waals surface area (Å²) >= 11 is 0. The maximum Gasteiger partial charge on any atom is 0.305 e. The highest BCUT2D eigenvalue weighted by Gasteiger charge is 3.21. The average Bonchev–Trinajstić information content (AvgIpc) is 4.25. The van der Waals surface area contributed by atoms with Crippen molar-refractivity contribution in [3.05, 3.63) is 0 Å². The van der Waals surface area contributed by atoms with E-state index < -0.39 is 0 Å². The van der Waals surface area contributed by atoms with E-state index in [4.69, 9.17) is 33.2 Å². The minimum Gasteiger partial charge on any atom is -0.465 e. The van der Waals surface area contributed by atoms with Gasteiger partial charge < -0.3 is 38.1 Å². The smallest absolute Gasteiger partial charge is 0.305 e. The van der Waals surface area contributed by atoms with Crippen LogP contribution in [-0.4, -0.2) is 101 Å². The summed E-state index contributed by atoms with van der Waals surface area (Å²) in [6.45, 7) is 24.7. The molecule has 75 heavy (non-hydrogen) atoms. The molecule has 0 heterocycles. The molecule has 0 radical (unpaired) electrons. The van der Waals surface area contributed by atoms with E-state index in [-0.39, 0.29) is 52.1 Å². The summed E-state index contributed by atoms with van der Waals surface area (Å²) in [4.78, 5) is 42.4. The fourth-order valence-corrected chi connectivity index (χ4v) is 14.7. The Morgan fingerprint density at radius 3 is 1.19 bits per heavy atom. The van der Waals surface area contributed by atoms with Crippen molar-refractivity contribution in [3.63, 3.8) is 0 Å². The maximum absolute atomic E-state index is 13.5. The van der Waals surface area contributed by atoms with Crippen molar-refractivity contribution in [2.75, 3.05) is 65.9 Å². The number of fused-ring (bicyclic) bond motifs is 2. The maximum atomic E-state index is 13.5. The van der Waals surface area contributed by atoms with E-state index in [0.29, 0.717) is 56.8 Å². The number of ether oxygens (including phenoxy) is 7. The molecule has 11 nitrogen and oxygen atoms in total. The molecule has 0 aromatic heterocycles. The number of nitrogens with zero attached hydrogens (tertiary/aromatic N) is 1. The number of hydrogen-bond acceptors (Lipinski definition) is 11. The zero-order valence-electron chi connectivity index (χ0n) is 50.0. The third-order valence-corrected chi connectivity index (χ3v) is 18.9. The van der Waals surface area contributed by atoms with Crippen LogP contribution in [0.1, 0.15) is 274 Å². The summed E-state index contributed by atoms with van der Waals surface area (Å²) in [6, 6.07) is 0. The number of carbonyl (C=O) groups excluding carboxylic acids is 3. The average molecular weight is 1060 g/mol. The van der Waals surface area contributed by atoms with E-state index in [0.717, 1.165) is 117 Å². The second kappa shape index (κ2) is 36.5. The molecule has 438 valence electrons. The van der Waals surface area contributed by atoms with Crippen LogP contribution in [0, 0.1) is 39.4 Å². The molecule has 0 aromatic carbocycles. The molecule has 7 unspecified atom stereocenters. The van der Waals surface area contributed by atoms with Gasteiger partial charge in [-0.25, -0.2) is 0 Å². The van der Waals surface area contributed by atoms with Gasteiger partial charge in [-0.15, -0.1) is 0 Å². The molecule has 4 fully saturated rings. The molecule has 4 rings (SSSR count). The lowest BCUT2D eigenvalue weighted by atomic mass is 9.29. The van der Waals surface area contributed by atoms with Gasteiger partial charge in [-0.2, -0.15) is 0 Å². The predicted octanol–water partition coefficient (Wildman–Crippen LogP) is 15.9. The lowest BCUT2D eigenvalue weighted by molar-refractivity contribution is -0.322. The van der Waals surface area contributed by atoms with Crippen molar-refractivity contribution in [2.45, 2.75) is 286 Å². The minimum absolute atomic E-state index is 0.00369. The summed E-state index contributed by atoms with van der Waals surface area (Å²) in [7, 11) is 0. The van der Waals surface area contributed by atoms with E-state index >= 15 is 0 Å². The second-order valence-electron chi connectivity index (χ2n) is 24.0. The van der Waals surface area contributed by atoms with Gasteiger partial charge in [0.15, 0.2) is 12.6 Å². The standard InChI is InChI=1S/C64H117NO10/c1-9-15-19-23-27-35-46-69-57(70-47-36-28-24-20-16-10-2)43-33-31-40-54(66)73-50-61(8)59-53(7)62(51-74-56(68)42-39-45-65(13-5)14-6)60-63(61,64(59,60)62)52-75-55(67)41-32-34-44-58(71-48-37-29-25-21-17-11-3)72-49-38-30-26-22-18-12-4/h53,57-60H,9-52H2,1-8H3. The number of rotatable bonds is 54. The number of hydrogen-bond donors (Lipinski definition) is 0. The first kappa shape index (κ1) is 65.7. The molecule has 0 aliphatic heterocycles. The fraction of sp³-hybridized carbons (Fsp3) is 0.953. The van der Waals surface area contributed by atoms with Gasteiger partial charge in [-0.05, 0) is 113 Å². The fourth-order valence-electron chi connectivity index (χ4n) is 14.7. The SMILES string of the molecule is CCCCCCCCOC(CCCCC(=O)OCC1(C)C2C(C)C3(COC(=O)CCCN(CC)CC)C4C1(COC(=O)CCCCC(OCCCCCCCC)OCCCCCCCC)C243)OCCCCCCCC. The first-order chi connectivity index (χ1) is 36.6. The molecule has 0 bridgehead atoms. The van der Waals surface area contributed by atoms with Crippen molar-refractivity contribution in [1.29, 1.82) is 0 Å². The third-order valence-electron chi connectivity index (χ3n) is 18.9. The van der Waals surface area contributed by atoms with Crippen LogP contribution in [0.15, 0.2) is 0 Å². The van der Waals surface area contributed by atoms with E-state index in [1.807, 2.05) is 0 Å². The highest BCUT2D eigenvalue weighted by atomic mass is 16.7. The molecule has 4 aliphatic carbocycles. The van der Waals surface area contributed by atoms with Gasteiger partial charge in [0.05, 0.1) is 19.8 Å². The summed E-state index contributed by atoms with van der Waals surface area (Å²) in [6.07, 6.45) is 35.5. The summed E-state index contributed by atoms with van der Waals surface area (Å²) in [5.41, 5.74) is -0.629. The first-order valence-corrected chi connectivity index (χ1v) is 32.2. The lowest BCUT2D eigenvalue weighted by Gasteiger charge is -2.74. The van der Waals surface area contributed by atoms with Crippen molar-refractivity contribution < 1.29 is 47.5 Å². The Bertz CT molecular complexity index is 1510. The Morgan fingerprint density at radius 1 is 0.440 bits per heavy atom. The van der Waals surface area contributed by atoms with Gasteiger partial charge in [-0.1, -0.05) is 184 Å². The van der Waals surface area contributed by atoms with Crippen molar-refractivity contribution in [2.24, 2.45) is 39.4 Å². The Labute approximate surface area is 460 Å². The molecular formula is C64H117NO10. The molecule has 4 saturated carbocycles. The Hall–Kier alpha value is -1.79. The van der Waals surface area contributed by atoms with Crippen LogP contribution in [0.5, 0.6) is 0 Å². The van der Waals surface area contributed by atoms with Gasteiger partial charge in [0.25, 0.3) is 0 Å². The van der Waals surface area contributed by atoms with Gasteiger partial charge in [-0.3, -0.25) is 14.4 Å². The van der Waals surface area contributed by atoms with Gasteiger partial charge in [0, 0.05) is 61.9 Å². The molecular weight excluding hydrogens is 943 g/mol. The quantitative estimate of drug-likeness (QED) is 0.0251. The topological polar surface area (TPSA) is 119 Å². The van der Waals surface area contributed by atoms with Crippen molar-refractivity contribution in [3.8, 4) is 0 Å². The molecule has 7 atom stereocenters. The molecule has 0 amide bonds. The van der Waals surface area contributed by atoms with Gasteiger partial charge >= 0.3 is 17.9 Å². The van der Waals surface area contributed by atoms with E-state index in [2.05, 4.69) is 60.3 Å². The van der Waals surface area contributed by atoms with E-state index in [1.54, 1.807) is 0 Å². The number of esters is 3. The summed E-state index contributed by atoms with van der Waals surface area (Å²) in [5.74, 6) is 0.506. The summed E-state index contributed by atoms with van der Waals surface area (Å²) in [5, 5.41) is 0. The third kappa shape index (κ3) is 18.4. The lowest BCUT2D eigenvalue weighted by Crippen LogP contribution is -2.76. The van der Waals surface area contributed by atoms with E-state index in [1.165, 1.54) is 128 Å². The first-order valence-electron chi connectivity index (χ1n) is 32.2. The van der Waals surface area contributed by atoms with Gasteiger partial charge in [0.1, 0.15) is 0 Å². The zero-order chi connectivity index (χ0) is 54.3. The number of carbonyl (C=O) groups is 3. The molecule has 0 saturated heterocycles. The van der Waals surface area contributed by atoms with E-state index in [9.17, 15) is 14.4 Å². The Kier molecular flexibility index (Phi) is 32.0. The van der Waals surface area contributed by atoms with Crippen molar-refractivity contribution in [1.82, 2.24) is 4.90 Å². The van der Waals surface area contributed by atoms with Crippen LogP contribution >= 0.6 is 0 Å². The highest BCUT2D eigenvalue weighted by Crippen LogP contribution is 3.19. The van der Waals surface area contributed by atoms with Crippen LogP contribution in [0.2, 0.25) is 0 Å². The monoisotopic (exact) mass is 1060 g/mol. The molecule has 11 heteroatoms. The molecule has 0 aromatic rings. The van der Waals surface area contributed by atoms with Crippen molar-refractivity contribution >= 4 is 17.9 Å². The normalized spacial score (nSPS) is 24.8. The van der Waals surface area contributed by atoms with Crippen LogP contribution in [0.4, 0.5) is 0 Å². The molecule has 4 aliphatic rings. The Morgan fingerprint density at radius 2 is 0.800 bits per heavy atom. The largest absolute Gasteiger partial charge is 0.465 e. The second-order valence-corrected chi connectivity index (χ2v) is 24.0. The molecule has 0 N–H and O–H groups in total. The van der Waals surface area contributed by atoms with Crippen LogP contribution < -0.4 is 0 Å². The predicted molar refractivity (Wildman–Crippen MR) is 303 cm³/mol. The summed E-state index contributed by atoms with van der Waals surface area (Å²) < 4.78 is 43.6. The Balaban J connectivity index is 1.28.